The summed E-state index contributed by atoms with van der Waals surface area (Å²) in [5.74, 6) is -0.0729. The van der Waals surface area contributed by atoms with Gasteiger partial charge in [0.25, 0.3) is 0 Å². The predicted octanol–water partition coefficient (Wildman–Crippen LogP) is 2.45. The van der Waals surface area contributed by atoms with Crippen LogP contribution < -0.4 is 5.73 Å². The van der Waals surface area contributed by atoms with Gasteiger partial charge in [0, 0.05) is 11.8 Å². The Hall–Kier alpha value is -1.86. The minimum Gasteiger partial charge on any atom is -0.439 e. The zero-order valence-electron chi connectivity index (χ0n) is 9.74. The highest BCUT2D eigenvalue weighted by molar-refractivity contribution is 7.92. The molecule has 0 atom stereocenters. The minimum absolute atomic E-state index is 0.175. The van der Waals surface area contributed by atoms with E-state index >= 15 is 0 Å². The number of fused-ring (bicyclic) bond motifs is 1. The summed E-state index contributed by atoms with van der Waals surface area (Å²) in [6.07, 6.45) is 0. The van der Waals surface area contributed by atoms with E-state index in [0.717, 1.165) is 0 Å². The lowest BCUT2D eigenvalue weighted by Gasteiger charge is -1.96. The number of anilines is 1. The summed E-state index contributed by atoms with van der Waals surface area (Å²) in [6.45, 7) is 0. The summed E-state index contributed by atoms with van der Waals surface area (Å²) < 4.78 is 29.9. The van der Waals surface area contributed by atoms with Crippen LogP contribution in [-0.2, 0) is 15.6 Å². The molecule has 98 valence electrons. The smallest absolute Gasteiger partial charge is 0.211 e. The molecule has 3 rings (SSSR count). The van der Waals surface area contributed by atoms with Gasteiger partial charge in [-0.05, 0) is 23.6 Å². The molecule has 0 amide bonds. The van der Waals surface area contributed by atoms with E-state index in [-0.39, 0.29) is 11.6 Å². The molecule has 0 fully saturated rings. The van der Waals surface area contributed by atoms with Crippen molar-refractivity contribution >= 4 is 38.0 Å². The Balaban J connectivity index is 1.98. The van der Waals surface area contributed by atoms with Gasteiger partial charge in [0.05, 0.1) is 0 Å². The van der Waals surface area contributed by atoms with Gasteiger partial charge in [-0.25, -0.2) is 13.4 Å². The molecule has 3 aromatic rings. The average Bonchev–Trinajstić information content (AvgIpc) is 2.95. The minimum atomic E-state index is -3.40. The van der Waals surface area contributed by atoms with Gasteiger partial charge >= 0.3 is 0 Å². The van der Waals surface area contributed by atoms with E-state index in [4.69, 9.17) is 10.2 Å². The predicted molar refractivity (Wildman–Crippen MR) is 73.6 cm³/mol. The Labute approximate surface area is 113 Å². The van der Waals surface area contributed by atoms with Crippen molar-refractivity contribution in [1.29, 1.82) is 0 Å². The molecule has 2 heterocycles. The number of rotatable bonds is 3. The zero-order valence-corrected chi connectivity index (χ0v) is 11.4. The highest BCUT2D eigenvalue weighted by Crippen LogP contribution is 2.24. The number of benzene rings is 1. The van der Waals surface area contributed by atoms with E-state index < -0.39 is 9.84 Å². The molecule has 0 aliphatic carbocycles. The molecule has 2 N–H and O–H groups in total. The molecule has 0 aliphatic rings. The van der Waals surface area contributed by atoms with Crippen LogP contribution in [0.5, 0.6) is 0 Å². The average molecular weight is 294 g/mol. The number of aromatic nitrogens is 1. The van der Waals surface area contributed by atoms with E-state index in [1.54, 1.807) is 35.7 Å². The number of sulfone groups is 1. The first-order chi connectivity index (χ1) is 9.04. The summed E-state index contributed by atoms with van der Waals surface area (Å²) >= 11 is 1.18. The van der Waals surface area contributed by atoms with E-state index in [0.29, 0.717) is 21.0 Å². The summed E-state index contributed by atoms with van der Waals surface area (Å²) in [7, 11) is -3.40. The fourth-order valence-corrected chi connectivity index (χ4v) is 3.98. The highest BCUT2D eigenvalue weighted by Gasteiger charge is 2.20. The molecule has 0 spiro atoms. The Morgan fingerprint density at radius 2 is 2.16 bits per heavy atom. The third-order valence-corrected chi connectivity index (χ3v) is 5.66. The van der Waals surface area contributed by atoms with Crippen LogP contribution >= 0.6 is 11.3 Å². The Morgan fingerprint density at radius 1 is 1.32 bits per heavy atom. The summed E-state index contributed by atoms with van der Waals surface area (Å²) in [5.41, 5.74) is 7.28. The molecule has 1 aromatic carbocycles. The molecule has 0 unspecified atom stereocenters. The number of nitrogens with zero attached hydrogens (tertiary/aromatic N) is 1. The van der Waals surface area contributed by atoms with E-state index in [1.165, 1.54) is 11.3 Å². The van der Waals surface area contributed by atoms with Gasteiger partial charge in [-0.3, -0.25) is 0 Å². The quantitative estimate of drug-likeness (QED) is 0.750. The first kappa shape index (κ1) is 12.2. The number of hydrogen-bond acceptors (Lipinski definition) is 6. The van der Waals surface area contributed by atoms with Crippen molar-refractivity contribution in [2.75, 3.05) is 5.73 Å². The second kappa shape index (κ2) is 4.36. The van der Waals surface area contributed by atoms with Crippen LogP contribution in [0, 0.1) is 0 Å². The molecule has 0 bridgehead atoms. The second-order valence-corrected chi connectivity index (χ2v) is 7.19. The largest absolute Gasteiger partial charge is 0.439 e. The van der Waals surface area contributed by atoms with Crippen LogP contribution in [0.3, 0.4) is 0 Å². The lowest BCUT2D eigenvalue weighted by atomic mass is 10.3. The van der Waals surface area contributed by atoms with Gasteiger partial charge in [0.2, 0.25) is 5.89 Å². The zero-order chi connectivity index (χ0) is 13.5. The fourth-order valence-electron chi connectivity index (χ4n) is 1.72. The van der Waals surface area contributed by atoms with Crippen molar-refractivity contribution in [3.05, 3.63) is 41.6 Å². The highest BCUT2D eigenvalue weighted by atomic mass is 32.2. The van der Waals surface area contributed by atoms with Gasteiger partial charge in [0.1, 0.15) is 15.5 Å². The Bertz CT molecular complexity index is 820. The standard InChI is InChI=1S/C12H10N2O3S2/c13-8-3-4-9-10(6-8)17-11(14-9)7-19(15,16)12-2-1-5-18-12/h1-6H,7,13H2. The third kappa shape index (κ3) is 2.34. The van der Waals surface area contributed by atoms with Crippen LogP contribution in [0.1, 0.15) is 5.89 Å². The maximum atomic E-state index is 12.1. The van der Waals surface area contributed by atoms with E-state index in [9.17, 15) is 8.42 Å². The number of oxazole rings is 1. The van der Waals surface area contributed by atoms with Crippen molar-refractivity contribution in [3.8, 4) is 0 Å². The van der Waals surface area contributed by atoms with Crippen LogP contribution in [0.15, 0.2) is 44.3 Å². The number of nitrogens with two attached hydrogens (primary N) is 1. The number of nitrogen functional groups attached to an aromatic ring is 1. The number of hydrogen-bond donors (Lipinski definition) is 1. The van der Waals surface area contributed by atoms with Crippen molar-refractivity contribution in [3.63, 3.8) is 0 Å². The first-order valence-electron chi connectivity index (χ1n) is 5.46. The molecular formula is C12H10N2O3S2. The van der Waals surface area contributed by atoms with Gasteiger partial charge < -0.3 is 10.2 Å². The molecule has 0 saturated heterocycles. The molecule has 19 heavy (non-hydrogen) atoms. The monoisotopic (exact) mass is 294 g/mol. The topological polar surface area (TPSA) is 86.2 Å². The number of thiophene rings is 1. The maximum Gasteiger partial charge on any atom is 0.211 e. The lowest BCUT2D eigenvalue weighted by Crippen LogP contribution is -2.02. The van der Waals surface area contributed by atoms with Gasteiger partial charge in [-0.1, -0.05) is 6.07 Å². The van der Waals surface area contributed by atoms with Crippen LogP contribution in [0.4, 0.5) is 5.69 Å². The summed E-state index contributed by atoms with van der Waals surface area (Å²) in [5, 5.41) is 1.72. The SMILES string of the molecule is Nc1ccc2nc(CS(=O)(=O)c3cccs3)oc2c1. The molecule has 0 radical (unpaired) electrons. The van der Waals surface area contributed by atoms with Crippen molar-refractivity contribution in [2.24, 2.45) is 0 Å². The van der Waals surface area contributed by atoms with Gasteiger partial charge in [-0.15, -0.1) is 11.3 Å². The summed E-state index contributed by atoms with van der Waals surface area (Å²) in [6, 6.07) is 8.30. The van der Waals surface area contributed by atoms with Crippen LogP contribution in [0.25, 0.3) is 11.1 Å². The van der Waals surface area contributed by atoms with E-state index in [1.807, 2.05) is 0 Å². The Kier molecular flexibility index (Phi) is 2.79. The molecule has 5 nitrogen and oxygen atoms in total. The molecule has 2 aromatic heterocycles. The van der Waals surface area contributed by atoms with Crippen LogP contribution in [-0.4, -0.2) is 13.4 Å². The molecular weight excluding hydrogens is 284 g/mol. The first-order valence-corrected chi connectivity index (χ1v) is 7.99. The van der Waals surface area contributed by atoms with Crippen molar-refractivity contribution in [2.45, 2.75) is 9.96 Å². The molecule has 0 aliphatic heterocycles. The third-order valence-electron chi connectivity index (χ3n) is 2.57. The second-order valence-electron chi connectivity index (χ2n) is 4.03. The maximum absolute atomic E-state index is 12.1. The Morgan fingerprint density at radius 3 is 2.89 bits per heavy atom. The van der Waals surface area contributed by atoms with Gasteiger partial charge in [0.15, 0.2) is 15.4 Å². The normalized spacial score (nSPS) is 12.0. The fraction of sp³-hybridized carbons (Fsp3) is 0.0833. The van der Waals surface area contributed by atoms with E-state index in [2.05, 4.69) is 4.98 Å². The molecule has 7 heteroatoms. The van der Waals surface area contributed by atoms with Crippen molar-refractivity contribution in [1.82, 2.24) is 4.98 Å². The van der Waals surface area contributed by atoms with Crippen LogP contribution in [0.2, 0.25) is 0 Å². The molecule has 0 saturated carbocycles. The lowest BCUT2D eigenvalue weighted by molar-refractivity contribution is 0.541. The van der Waals surface area contributed by atoms with Gasteiger partial charge in [-0.2, -0.15) is 0 Å². The summed E-state index contributed by atoms with van der Waals surface area (Å²) in [4.78, 5) is 4.15. The van der Waals surface area contributed by atoms with Crippen molar-refractivity contribution < 1.29 is 12.8 Å².